The Kier molecular flexibility index (Phi) is 7.99. The van der Waals surface area contributed by atoms with Crippen LogP contribution in [0.1, 0.15) is 19.4 Å². The Morgan fingerprint density at radius 2 is 2.09 bits per heavy atom. The lowest BCUT2D eigenvalue weighted by Crippen LogP contribution is -2.41. The molecule has 6 nitrogen and oxygen atoms in total. The minimum Gasteiger partial charge on any atom is -0.383 e. The predicted molar refractivity (Wildman–Crippen MR) is 88.5 cm³/mol. The molecule has 0 aliphatic rings. The minimum absolute atomic E-state index is 0.0409. The maximum Gasteiger partial charge on any atom is 0.244 e. The fourth-order valence-electron chi connectivity index (χ4n) is 2.02. The van der Waals surface area contributed by atoms with Crippen LogP contribution < -0.4 is 11.1 Å². The summed E-state index contributed by atoms with van der Waals surface area (Å²) in [4.78, 5) is 18.1. The first kappa shape index (κ1) is 18.0. The van der Waals surface area contributed by atoms with Gasteiger partial charge in [0, 0.05) is 26.2 Å². The number of likely N-dealkylation sites (N-methyl/N-ethyl adjacent to an activating group) is 1. The lowest BCUT2D eigenvalue weighted by atomic mass is 10.2. The zero-order chi connectivity index (χ0) is 16.4. The largest absolute Gasteiger partial charge is 0.383 e. The zero-order valence-electron chi connectivity index (χ0n) is 13.6. The Morgan fingerprint density at radius 3 is 2.68 bits per heavy atom. The van der Waals surface area contributed by atoms with E-state index in [1.165, 1.54) is 0 Å². The molecule has 1 amide bonds. The SMILES string of the molecule is CCN(Cc1ccccc1)C(=O)CN=C(N)NC(C)COC. The highest BCUT2D eigenvalue weighted by molar-refractivity contribution is 5.84. The van der Waals surface area contributed by atoms with Crippen LogP contribution in [-0.4, -0.2) is 49.6 Å². The highest BCUT2D eigenvalue weighted by Crippen LogP contribution is 2.04. The third kappa shape index (κ3) is 6.58. The van der Waals surface area contributed by atoms with E-state index < -0.39 is 0 Å². The molecular formula is C16H26N4O2. The number of nitrogens with two attached hydrogens (primary N) is 1. The third-order valence-corrected chi connectivity index (χ3v) is 3.15. The smallest absolute Gasteiger partial charge is 0.244 e. The Labute approximate surface area is 132 Å². The van der Waals surface area contributed by atoms with Gasteiger partial charge in [0.2, 0.25) is 5.91 Å². The molecule has 1 atom stereocenters. The summed E-state index contributed by atoms with van der Waals surface area (Å²) in [5, 5.41) is 2.97. The number of benzene rings is 1. The molecule has 1 aromatic rings. The molecule has 0 heterocycles. The number of amides is 1. The van der Waals surface area contributed by atoms with Crippen LogP contribution in [0.15, 0.2) is 35.3 Å². The summed E-state index contributed by atoms with van der Waals surface area (Å²) >= 11 is 0. The molecule has 0 fully saturated rings. The van der Waals surface area contributed by atoms with Crippen molar-refractivity contribution in [3.63, 3.8) is 0 Å². The summed E-state index contributed by atoms with van der Waals surface area (Å²) in [6, 6.07) is 9.94. The summed E-state index contributed by atoms with van der Waals surface area (Å²) in [5.41, 5.74) is 6.86. The number of nitrogens with one attached hydrogen (secondary N) is 1. The van der Waals surface area contributed by atoms with Gasteiger partial charge in [0.15, 0.2) is 5.96 Å². The maximum absolute atomic E-state index is 12.2. The number of carbonyl (C=O) groups is 1. The molecule has 22 heavy (non-hydrogen) atoms. The Balaban J connectivity index is 2.51. The van der Waals surface area contributed by atoms with E-state index in [4.69, 9.17) is 10.5 Å². The van der Waals surface area contributed by atoms with E-state index in [-0.39, 0.29) is 24.5 Å². The molecular weight excluding hydrogens is 280 g/mol. The highest BCUT2D eigenvalue weighted by atomic mass is 16.5. The fraction of sp³-hybridized carbons (Fsp3) is 0.500. The zero-order valence-corrected chi connectivity index (χ0v) is 13.6. The van der Waals surface area contributed by atoms with Crippen molar-refractivity contribution in [2.24, 2.45) is 10.7 Å². The van der Waals surface area contributed by atoms with Gasteiger partial charge in [0.1, 0.15) is 6.54 Å². The van der Waals surface area contributed by atoms with Crippen LogP contribution in [0.2, 0.25) is 0 Å². The quantitative estimate of drug-likeness (QED) is 0.554. The first-order valence-electron chi connectivity index (χ1n) is 7.43. The second-order valence-electron chi connectivity index (χ2n) is 5.10. The monoisotopic (exact) mass is 306 g/mol. The molecule has 0 bridgehead atoms. The van der Waals surface area contributed by atoms with Crippen molar-refractivity contribution in [1.82, 2.24) is 10.2 Å². The van der Waals surface area contributed by atoms with Crippen LogP contribution in [0.4, 0.5) is 0 Å². The van der Waals surface area contributed by atoms with Crippen LogP contribution >= 0.6 is 0 Å². The van der Waals surface area contributed by atoms with Gasteiger partial charge in [0.05, 0.1) is 6.61 Å². The molecule has 1 aromatic carbocycles. The Hall–Kier alpha value is -2.08. The number of nitrogens with zero attached hydrogens (tertiary/aromatic N) is 2. The lowest BCUT2D eigenvalue weighted by Gasteiger charge is -2.20. The second-order valence-corrected chi connectivity index (χ2v) is 5.10. The number of ether oxygens (including phenoxy) is 1. The Morgan fingerprint density at radius 1 is 1.41 bits per heavy atom. The molecule has 0 aromatic heterocycles. The van der Waals surface area contributed by atoms with Gasteiger partial charge in [-0.2, -0.15) is 0 Å². The number of rotatable bonds is 8. The van der Waals surface area contributed by atoms with E-state index >= 15 is 0 Å². The summed E-state index contributed by atoms with van der Waals surface area (Å²) in [6.45, 7) is 5.67. The van der Waals surface area contributed by atoms with Crippen LogP contribution in [0.3, 0.4) is 0 Å². The van der Waals surface area contributed by atoms with Gasteiger partial charge in [0.25, 0.3) is 0 Å². The van der Waals surface area contributed by atoms with Crippen molar-refractivity contribution in [1.29, 1.82) is 0 Å². The van der Waals surface area contributed by atoms with E-state index in [0.717, 1.165) is 5.56 Å². The van der Waals surface area contributed by atoms with Crippen molar-refractivity contribution >= 4 is 11.9 Å². The molecule has 0 saturated carbocycles. The molecule has 1 unspecified atom stereocenters. The molecule has 0 aliphatic heterocycles. The second kappa shape index (κ2) is 9.78. The molecule has 3 N–H and O–H groups in total. The van der Waals surface area contributed by atoms with Gasteiger partial charge in [-0.15, -0.1) is 0 Å². The van der Waals surface area contributed by atoms with Gasteiger partial charge in [-0.3, -0.25) is 4.79 Å². The van der Waals surface area contributed by atoms with Crippen molar-refractivity contribution in [3.05, 3.63) is 35.9 Å². The number of hydrogen-bond donors (Lipinski definition) is 2. The average molecular weight is 306 g/mol. The Bertz CT molecular complexity index is 476. The van der Waals surface area contributed by atoms with E-state index in [0.29, 0.717) is 19.7 Å². The number of guanidine groups is 1. The minimum atomic E-state index is -0.0458. The highest BCUT2D eigenvalue weighted by Gasteiger charge is 2.12. The molecule has 1 rings (SSSR count). The van der Waals surface area contributed by atoms with E-state index in [1.807, 2.05) is 44.2 Å². The molecule has 0 spiro atoms. The maximum atomic E-state index is 12.2. The first-order chi connectivity index (χ1) is 10.6. The van der Waals surface area contributed by atoms with Crippen LogP contribution in [-0.2, 0) is 16.1 Å². The van der Waals surface area contributed by atoms with Crippen molar-refractivity contribution < 1.29 is 9.53 Å². The fourth-order valence-corrected chi connectivity index (χ4v) is 2.02. The van der Waals surface area contributed by atoms with E-state index in [1.54, 1.807) is 12.0 Å². The van der Waals surface area contributed by atoms with Gasteiger partial charge >= 0.3 is 0 Å². The molecule has 122 valence electrons. The molecule has 0 aliphatic carbocycles. The predicted octanol–water partition coefficient (Wildman–Crippen LogP) is 0.974. The van der Waals surface area contributed by atoms with Crippen LogP contribution in [0, 0.1) is 0 Å². The van der Waals surface area contributed by atoms with Crippen molar-refractivity contribution in [2.45, 2.75) is 26.4 Å². The van der Waals surface area contributed by atoms with Gasteiger partial charge < -0.3 is 20.7 Å². The molecule has 0 radical (unpaired) electrons. The molecule has 0 saturated heterocycles. The van der Waals surface area contributed by atoms with Crippen molar-refractivity contribution in [2.75, 3.05) is 26.8 Å². The lowest BCUT2D eigenvalue weighted by molar-refractivity contribution is -0.130. The van der Waals surface area contributed by atoms with Gasteiger partial charge in [-0.05, 0) is 19.4 Å². The number of methoxy groups -OCH3 is 1. The topological polar surface area (TPSA) is 80.0 Å². The number of aliphatic imine (C=N–C) groups is 1. The number of carbonyl (C=O) groups excluding carboxylic acids is 1. The number of hydrogen-bond acceptors (Lipinski definition) is 3. The van der Waals surface area contributed by atoms with E-state index in [9.17, 15) is 4.79 Å². The van der Waals surface area contributed by atoms with Gasteiger partial charge in [-0.25, -0.2) is 4.99 Å². The summed E-state index contributed by atoms with van der Waals surface area (Å²) < 4.78 is 5.00. The third-order valence-electron chi connectivity index (χ3n) is 3.15. The average Bonchev–Trinajstić information content (AvgIpc) is 2.51. The van der Waals surface area contributed by atoms with Crippen molar-refractivity contribution in [3.8, 4) is 0 Å². The first-order valence-corrected chi connectivity index (χ1v) is 7.43. The summed E-state index contributed by atoms with van der Waals surface area (Å²) in [7, 11) is 1.62. The van der Waals surface area contributed by atoms with E-state index in [2.05, 4.69) is 10.3 Å². The normalized spacial score (nSPS) is 12.8. The summed E-state index contributed by atoms with van der Waals surface area (Å²) in [5.74, 6) is 0.212. The van der Waals surface area contributed by atoms with Crippen LogP contribution in [0.5, 0.6) is 0 Å². The van der Waals surface area contributed by atoms with Gasteiger partial charge in [-0.1, -0.05) is 30.3 Å². The summed E-state index contributed by atoms with van der Waals surface area (Å²) in [6.07, 6.45) is 0. The standard InChI is InChI=1S/C16H26N4O2/c1-4-20(11-14-8-6-5-7-9-14)15(21)10-18-16(17)19-13(2)12-22-3/h5-9,13H,4,10-12H2,1-3H3,(H3,17,18,19). The molecule has 6 heteroatoms. The van der Waals surface area contributed by atoms with Crippen LogP contribution in [0.25, 0.3) is 0 Å².